The van der Waals surface area contributed by atoms with E-state index in [4.69, 9.17) is 0 Å². The van der Waals surface area contributed by atoms with Crippen molar-refractivity contribution in [2.24, 2.45) is 0 Å². The molecular formula is CH4Cl2Li-. The van der Waals surface area contributed by atoms with Gasteiger partial charge in [-0.2, -0.15) is 0 Å². The molecule has 0 atom stereocenters. The summed E-state index contributed by atoms with van der Waals surface area (Å²) in [5, 5.41) is 0. The van der Waals surface area contributed by atoms with Crippen LogP contribution in [-0.4, -0.2) is 0 Å². The standard InChI is InChI=1S/CH4.2ClH.Li/h1H4;2*1H;/q;;;+1/p-2. The molecule has 0 aromatic carbocycles. The summed E-state index contributed by atoms with van der Waals surface area (Å²) in [6, 6.07) is 0. The van der Waals surface area contributed by atoms with Gasteiger partial charge in [0, 0.05) is 0 Å². The van der Waals surface area contributed by atoms with Crippen LogP contribution in [-0.2, 0) is 0 Å². The molecule has 0 rings (SSSR count). The van der Waals surface area contributed by atoms with Crippen molar-refractivity contribution in [1.29, 1.82) is 0 Å². The Bertz CT molecular complexity index is 6.00. The number of halogens is 2. The zero-order chi connectivity index (χ0) is 0. The zero-order valence-electron chi connectivity index (χ0n) is 1.76. The summed E-state index contributed by atoms with van der Waals surface area (Å²) in [6.45, 7) is 0. The van der Waals surface area contributed by atoms with Crippen molar-refractivity contribution in [3.63, 3.8) is 0 Å². The normalized spacial score (nSPS) is 0. The van der Waals surface area contributed by atoms with E-state index in [0.717, 1.165) is 0 Å². The van der Waals surface area contributed by atoms with Gasteiger partial charge in [-0.05, 0) is 0 Å². The average molecular weight is 93.9 g/mol. The van der Waals surface area contributed by atoms with Gasteiger partial charge in [0.25, 0.3) is 0 Å². The second kappa shape index (κ2) is 30.4. The molecule has 4 heavy (non-hydrogen) atoms. The second-order valence-electron chi connectivity index (χ2n) is 0. The molecule has 0 N–H and O–H groups in total. The van der Waals surface area contributed by atoms with Crippen LogP contribution in [0.1, 0.15) is 7.43 Å². The van der Waals surface area contributed by atoms with E-state index < -0.39 is 0 Å². The van der Waals surface area contributed by atoms with Gasteiger partial charge in [0.15, 0.2) is 0 Å². The molecule has 0 aliphatic heterocycles. The zero-order valence-corrected chi connectivity index (χ0v) is 3.27. The van der Waals surface area contributed by atoms with E-state index in [-0.39, 0.29) is 51.1 Å². The van der Waals surface area contributed by atoms with Crippen molar-refractivity contribution in [1.82, 2.24) is 0 Å². The Morgan fingerprint density at radius 3 is 0.750 bits per heavy atom. The van der Waals surface area contributed by atoms with E-state index >= 15 is 0 Å². The van der Waals surface area contributed by atoms with Gasteiger partial charge in [-0.1, -0.05) is 7.43 Å². The third-order valence-corrected chi connectivity index (χ3v) is 0. The fraction of sp³-hybridized carbons (Fsp3) is 1.00. The van der Waals surface area contributed by atoms with Gasteiger partial charge in [-0.25, -0.2) is 0 Å². The topological polar surface area (TPSA) is 0 Å². The summed E-state index contributed by atoms with van der Waals surface area (Å²) < 4.78 is 0. The SMILES string of the molecule is C.[Cl-].[Cl-].[Li+]. The van der Waals surface area contributed by atoms with Crippen LogP contribution < -0.4 is 43.7 Å². The largest absolute Gasteiger partial charge is 1.00 e. The Morgan fingerprint density at radius 2 is 0.750 bits per heavy atom. The molecule has 0 nitrogen and oxygen atoms in total. The molecular weight excluding hydrogens is 89.9 g/mol. The van der Waals surface area contributed by atoms with Gasteiger partial charge >= 0.3 is 18.9 Å². The predicted molar refractivity (Wildman–Crippen MR) is 6.73 cm³/mol. The van der Waals surface area contributed by atoms with E-state index in [1.165, 1.54) is 0 Å². The Labute approximate surface area is 51.3 Å². The van der Waals surface area contributed by atoms with Gasteiger partial charge in [0.05, 0.1) is 0 Å². The van der Waals surface area contributed by atoms with Crippen LogP contribution in [0.25, 0.3) is 0 Å². The molecule has 0 unspecified atom stereocenters. The predicted octanol–water partition coefficient (Wildman–Crippen LogP) is -8.35. The molecule has 0 aromatic heterocycles. The maximum Gasteiger partial charge on any atom is 1.00 e. The van der Waals surface area contributed by atoms with Gasteiger partial charge < -0.3 is 24.8 Å². The summed E-state index contributed by atoms with van der Waals surface area (Å²) in [7, 11) is 0. The second-order valence-corrected chi connectivity index (χ2v) is 0. The molecule has 0 radical (unpaired) electrons. The van der Waals surface area contributed by atoms with E-state index in [2.05, 4.69) is 0 Å². The summed E-state index contributed by atoms with van der Waals surface area (Å²) in [4.78, 5) is 0. The van der Waals surface area contributed by atoms with E-state index in [9.17, 15) is 0 Å². The molecule has 0 aliphatic rings. The van der Waals surface area contributed by atoms with Gasteiger partial charge in [-0.3, -0.25) is 0 Å². The first-order valence-corrected chi connectivity index (χ1v) is 0. The van der Waals surface area contributed by atoms with Crippen molar-refractivity contribution in [2.75, 3.05) is 0 Å². The van der Waals surface area contributed by atoms with Crippen LogP contribution in [0, 0.1) is 0 Å². The van der Waals surface area contributed by atoms with Crippen LogP contribution in [0.5, 0.6) is 0 Å². The van der Waals surface area contributed by atoms with E-state index in [0.29, 0.717) is 0 Å². The molecule has 0 saturated heterocycles. The van der Waals surface area contributed by atoms with Crippen LogP contribution in [0.3, 0.4) is 0 Å². The van der Waals surface area contributed by atoms with Crippen molar-refractivity contribution in [3.05, 3.63) is 0 Å². The minimum absolute atomic E-state index is 0. The molecule has 3 heteroatoms. The molecule has 24 valence electrons. The quantitative estimate of drug-likeness (QED) is 0.261. The van der Waals surface area contributed by atoms with Crippen LogP contribution in [0.4, 0.5) is 0 Å². The first-order chi connectivity index (χ1) is 0. The Hall–Kier alpha value is 1.18. The van der Waals surface area contributed by atoms with Crippen LogP contribution in [0.2, 0.25) is 0 Å². The minimum atomic E-state index is 0. The van der Waals surface area contributed by atoms with Gasteiger partial charge in [0.2, 0.25) is 0 Å². The maximum absolute atomic E-state index is 0. The first-order valence-electron chi connectivity index (χ1n) is 0. The summed E-state index contributed by atoms with van der Waals surface area (Å²) in [6.07, 6.45) is 0. The smallest absolute Gasteiger partial charge is 1.00 e. The summed E-state index contributed by atoms with van der Waals surface area (Å²) in [5.74, 6) is 0. The third-order valence-electron chi connectivity index (χ3n) is 0. The number of hydrogen-bond donors (Lipinski definition) is 0. The molecule has 0 amide bonds. The van der Waals surface area contributed by atoms with E-state index in [1.54, 1.807) is 0 Å². The number of rotatable bonds is 0. The van der Waals surface area contributed by atoms with Crippen molar-refractivity contribution in [2.45, 2.75) is 7.43 Å². The maximum atomic E-state index is 0. The van der Waals surface area contributed by atoms with Crippen molar-refractivity contribution >= 4 is 0 Å². The molecule has 0 heterocycles. The van der Waals surface area contributed by atoms with Crippen molar-refractivity contribution in [3.8, 4) is 0 Å². The Kier molecular flexibility index (Phi) is 496. The van der Waals surface area contributed by atoms with E-state index in [1.807, 2.05) is 0 Å². The summed E-state index contributed by atoms with van der Waals surface area (Å²) in [5.41, 5.74) is 0. The molecule has 0 bridgehead atoms. The van der Waals surface area contributed by atoms with Gasteiger partial charge in [0.1, 0.15) is 0 Å². The minimum Gasteiger partial charge on any atom is -1.00 e. The van der Waals surface area contributed by atoms with Crippen LogP contribution >= 0.6 is 0 Å². The third kappa shape index (κ3) is 10.9. The fourth-order valence-corrected chi connectivity index (χ4v) is 0. The molecule has 0 aliphatic carbocycles. The molecule has 0 aromatic rings. The fourth-order valence-electron chi connectivity index (χ4n) is 0. The average Bonchev–Trinajstić information content (AvgIpc) is 0. The van der Waals surface area contributed by atoms with Crippen LogP contribution in [0.15, 0.2) is 0 Å². The number of hydrogen-bond acceptors (Lipinski definition) is 0. The molecule has 0 saturated carbocycles. The molecule has 0 fully saturated rings. The van der Waals surface area contributed by atoms with Gasteiger partial charge in [-0.15, -0.1) is 0 Å². The monoisotopic (exact) mass is 93.0 g/mol. The van der Waals surface area contributed by atoms with Crippen molar-refractivity contribution < 1.29 is 43.7 Å². The Morgan fingerprint density at radius 1 is 0.750 bits per heavy atom. The Balaban J connectivity index is 0. The molecule has 0 spiro atoms. The first kappa shape index (κ1) is 65.2. The summed E-state index contributed by atoms with van der Waals surface area (Å²) >= 11 is 0.